The van der Waals surface area contributed by atoms with Gasteiger partial charge in [-0.2, -0.15) is 10.1 Å². The predicted molar refractivity (Wildman–Crippen MR) is 69.8 cm³/mol. The smallest absolute Gasteiger partial charge is 0.258 e. The number of hydrogen-bond acceptors (Lipinski definition) is 6. The zero-order chi connectivity index (χ0) is 14.9. The first-order valence-electron chi connectivity index (χ1n) is 5.45. The number of rotatable bonds is 4. The van der Waals surface area contributed by atoms with Crippen molar-refractivity contribution in [2.45, 2.75) is 18.7 Å². The van der Waals surface area contributed by atoms with Crippen LogP contribution in [0.1, 0.15) is 11.1 Å². The van der Waals surface area contributed by atoms with E-state index in [4.69, 9.17) is 0 Å². The van der Waals surface area contributed by atoms with Gasteiger partial charge in [0, 0.05) is 11.6 Å². The summed E-state index contributed by atoms with van der Waals surface area (Å²) < 4.78 is 26.5. The van der Waals surface area contributed by atoms with E-state index in [1.807, 2.05) is 0 Å². The molecule has 0 saturated carbocycles. The van der Waals surface area contributed by atoms with Crippen molar-refractivity contribution in [3.8, 4) is 0 Å². The lowest BCUT2D eigenvalue weighted by Crippen LogP contribution is -2.15. The fraction of sp³-hybridized carbons (Fsp3) is 0.200. The Balaban J connectivity index is 2.51. The second kappa shape index (κ2) is 4.89. The van der Waals surface area contributed by atoms with Crippen LogP contribution in [0.2, 0.25) is 0 Å². The number of aromatic amines is 1. The molecule has 0 atom stereocenters. The lowest BCUT2D eigenvalue weighted by Gasteiger charge is -2.09. The minimum Gasteiger partial charge on any atom is -0.258 e. The molecule has 10 heteroatoms. The minimum atomic E-state index is -3.97. The number of nitro groups is 1. The van der Waals surface area contributed by atoms with Crippen LogP contribution in [-0.4, -0.2) is 28.5 Å². The average molecular weight is 297 g/mol. The van der Waals surface area contributed by atoms with Gasteiger partial charge in [0.05, 0.1) is 9.82 Å². The van der Waals surface area contributed by atoms with Crippen LogP contribution in [-0.2, 0) is 10.0 Å². The molecule has 0 unspecified atom stereocenters. The van der Waals surface area contributed by atoms with E-state index in [1.165, 1.54) is 6.07 Å². The molecule has 2 aromatic rings. The van der Waals surface area contributed by atoms with Crippen LogP contribution < -0.4 is 4.72 Å². The van der Waals surface area contributed by atoms with Crippen LogP contribution in [0.3, 0.4) is 0 Å². The summed E-state index contributed by atoms with van der Waals surface area (Å²) >= 11 is 0. The number of aryl methyl sites for hydroxylation is 2. The summed E-state index contributed by atoms with van der Waals surface area (Å²) in [6.07, 6.45) is 1.14. The Morgan fingerprint density at radius 1 is 1.30 bits per heavy atom. The van der Waals surface area contributed by atoms with Crippen molar-refractivity contribution in [1.29, 1.82) is 0 Å². The fourth-order valence-corrected chi connectivity index (χ4v) is 2.96. The van der Waals surface area contributed by atoms with Crippen molar-refractivity contribution in [3.05, 3.63) is 39.7 Å². The van der Waals surface area contributed by atoms with E-state index >= 15 is 0 Å². The Labute approximate surface area is 114 Å². The first-order chi connectivity index (χ1) is 9.31. The van der Waals surface area contributed by atoms with Gasteiger partial charge in [0.15, 0.2) is 0 Å². The zero-order valence-corrected chi connectivity index (χ0v) is 11.4. The number of anilines is 1. The summed E-state index contributed by atoms with van der Waals surface area (Å²) in [7, 11) is -3.97. The second-order valence-electron chi connectivity index (χ2n) is 4.10. The summed E-state index contributed by atoms with van der Waals surface area (Å²) in [4.78, 5) is 13.7. The van der Waals surface area contributed by atoms with E-state index in [-0.39, 0.29) is 16.5 Å². The largest absolute Gasteiger partial charge is 0.273 e. The Kier molecular flexibility index (Phi) is 3.40. The molecule has 0 radical (unpaired) electrons. The first kappa shape index (κ1) is 13.9. The first-order valence-corrected chi connectivity index (χ1v) is 6.93. The van der Waals surface area contributed by atoms with Gasteiger partial charge in [0.1, 0.15) is 6.33 Å². The zero-order valence-electron chi connectivity index (χ0n) is 10.6. The average Bonchev–Trinajstić information content (AvgIpc) is 2.79. The standard InChI is InChI=1S/C10H11N5O4S/c1-6-3-7(2)9(4-8(6)15(16)17)20(18,19)14-10-11-5-12-13-10/h3-5H,1-2H3,(H2,11,12,13,14). The van der Waals surface area contributed by atoms with Crippen LogP contribution >= 0.6 is 0 Å². The monoisotopic (exact) mass is 297 g/mol. The SMILES string of the molecule is Cc1cc(C)c(S(=O)(=O)Nc2ncn[nH]2)cc1[N+](=O)[O-]. The Morgan fingerprint density at radius 2 is 2.00 bits per heavy atom. The number of H-pyrrole nitrogens is 1. The lowest BCUT2D eigenvalue weighted by molar-refractivity contribution is -0.385. The third-order valence-electron chi connectivity index (χ3n) is 2.63. The highest BCUT2D eigenvalue weighted by atomic mass is 32.2. The fourth-order valence-electron chi connectivity index (χ4n) is 1.74. The minimum absolute atomic E-state index is 0.0624. The van der Waals surface area contributed by atoms with Gasteiger partial charge in [-0.15, -0.1) is 0 Å². The number of nitro benzene ring substituents is 1. The molecular weight excluding hydrogens is 286 g/mol. The molecule has 20 heavy (non-hydrogen) atoms. The molecule has 0 bridgehead atoms. The van der Waals surface area contributed by atoms with Crippen molar-refractivity contribution in [1.82, 2.24) is 15.2 Å². The number of hydrogen-bond donors (Lipinski definition) is 2. The van der Waals surface area contributed by atoms with E-state index in [9.17, 15) is 18.5 Å². The van der Waals surface area contributed by atoms with Crippen molar-refractivity contribution >= 4 is 21.7 Å². The van der Waals surface area contributed by atoms with E-state index in [0.29, 0.717) is 11.1 Å². The number of sulfonamides is 1. The van der Waals surface area contributed by atoms with Crippen molar-refractivity contribution in [3.63, 3.8) is 0 Å². The predicted octanol–water partition coefficient (Wildman–Crippen LogP) is 1.13. The molecule has 1 aromatic carbocycles. The number of benzene rings is 1. The van der Waals surface area contributed by atoms with Crippen LogP contribution in [0.15, 0.2) is 23.4 Å². The van der Waals surface area contributed by atoms with Crippen LogP contribution in [0, 0.1) is 24.0 Å². The number of aromatic nitrogens is 3. The summed E-state index contributed by atoms with van der Waals surface area (Å²) in [5.74, 6) is -0.0624. The summed E-state index contributed by atoms with van der Waals surface area (Å²) in [6.45, 7) is 3.11. The van der Waals surface area contributed by atoms with Crippen molar-refractivity contribution in [2.24, 2.45) is 0 Å². The Hall–Kier alpha value is -2.49. The van der Waals surface area contributed by atoms with Crippen LogP contribution in [0.25, 0.3) is 0 Å². The summed E-state index contributed by atoms with van der Waals surface area (Å²) in [5, 5.41) is 16.7. The maximum absolute atomic E-state index is 12.2. The highest BCUT2D eigenvalue weighted by Gasteiger charge is 2.23. The van der Waals surface area contributed by atoms with Gasteiger partial charge in [0.2, 0.25) is 5.95 Å². The highest BCUT2D eigenvalue weighted by Crippen LogP contribution is 2.26. The number of nitrogens with zero attached hydrogens (tertiary/aromatic N) is 3. The maximum Gasteiger partial charge on any atom is 0.273 e. The Bertz CT molecular complexity index is 754. The summed E-state index contributed by atoms with van der Waals surface area (Å²) in [6, 6.07) is 2.48. The summed E-state index contributed by atoms with van der Waals surface area (Å²) in [5.41, 5.74) is 0.541. The molecule has 0 amide bonds. The van der Waals surface area contributed by atoms with Gasteiger partial charge in [-0.05, 0) is 25.5 Å². The van der Waals surface area contributed by atoms with Gasteiger partial charge >= 0.3 is 0 Å². The highest BCUT2D eigenvalue weighted by molar-refractivity contribution is 7.92. The van der Waals surface area contributed by atoms with Crippen molar-refractivity contribution in [2.75, 3.05) is 4.72 Å². The van der Waals surface area contributed by atoms with Crippen LogP contribution in [0.5, 0.6) is 0 Å². The molecular formula is C10H11N5O4S. The van der Waals surface area contributed by atoms with Gasteiger partial charge in [0.25, 0.3) is 15.7 Å². The van der Waals surface area contributed by atoms with Crippen molar-refractivity contribution < 1.29 is 13.3 Å². The quantitative estimate of drug-likeness (QED) is 0.642. The molecule has 0 spiro atoms. The second-order valence-corrected chi connectivity index (χ2v) is 5.75. The van der Waals surface area contributed by atoms with E-state index in [2.05, 4.69) is 19.9 Å². The number of nitrogens with one attached hydrogen (secondary N) is 2. The van der Waals surface area contributed by atoms with Gasteiger partial charge < -0.3 is 0 Å². The molecule has 1 aromatic heterocycles. The molecule has 2 N–H and O–H groups in total. The topological polar surface area (TPSA) is 131 Å². The molecule has 2 rings (SSSR count). The van der Waals surface area contributed by atoms with E-state index in [1.54, 1.807) is 13.8 Å². The Morgan fingerprint density at radius 3 is 2.55 bits per heavy atom. The van der Waals surface area contributed by atoms with Gasteiger partial charge in [-0.1, -0.05) is 0 Å². The third-order valence-corrected chi connectivity index (χ3v) is 4.11. The van der Waals surface area contributed by atoms with E-state index in [0.717, 1.165) is 12.4 Å². The lowest BCUT2D eigenvalue weighted by atomic mass is 10.1. The molecule has 0 aliphatic carbocycles. The molecule has 106 valence electrons. The molecule has 0 aliphatic heterocycles. The van der Waals surface area contributed by atoms with E-state index < -0.39 is 14.9 Å². The molecule has 1 heterocycles. The molecule has 0 aliphatic rings. The normalized spacial score (nSPS) is 11.3. The maximum atomic E-state index is 12.2. The molecule has 0 fully saturated rings. The van der Waals surface area contributed by atoms with Gasteiger partial charge in [-0.25, -0.2) is 18.2 Å². The van der Waals surface area contributed by atoms with Gasteiger partial charge in [-0.3, -0.25) is 10.1 Å². The van der Waals surface area contributed by atoms with Crippen LogP contribution in [0.4, 0.5) is 11.6 Å². The molecule has 9 nitrogen and oxygen atoms in total. The third kappa shape index (κ3) is 2.59. The molecule has 0 saturated heterocycles.